The van der Waals surface area contributed by atoms with Gasteiger partial charge in [0.05, 0.1) is 20.3 Å². The lowest BCUT2D eigenvalue weighted by molar-refractivity contribution is 0.145. The van der Waals surface area contributed by atoms with Crippen LogP contribution >= 0.6 is 24.8 Å². The smallest absolute Gasteiger partial charge is 0.124 e. The Bertz CT molecular complexity index is 418. The van der Waals surface area contributed by atoms with Gasteiger partial charge in [-0.3, -0.25) is 4.90 Å². The maximum absolute atomic E-state index is 13.5. The number of nitrogens with one attached hydrogen (secondary N) is 1. The second-order valence-electron chi connectivity index (χ2n) is 4.56. The molecule has 21 heavy (non-hydrogen) atoms. The summed E-state index contributed by atoms with van der Waals surface area (Å²) in [5, 5.41) is 3.28. The van der Waals surface area contributed by atoms with E-state index in [9.17, 15) is 4.39 Å². The molecule has 1 atom stereocenters. The number of hydrogen-bond donors (Lipinski definition) is 1. The topological polar surface area (TPSA) is 33.7 Å². The van der Waals surface area contributed by atoms with E-state index in [1.54, 1.807) is 14.2 Å². The van der Waals surface area contributed by atoms with Crippen LogP contribution in [-0.4, -0.2) is 52.0 Å². The zero-order chi connectivity index (χ0) is 13.7. The highest BCUT2D eigenvalue weighted by Gasteiger charge is 2.25. The molecule has 0 bridgehead atoms. The quantitative estimate of drug-likeness (QED) is 0.892. The summed E-state index contributed by atoms with van der Waals surface area (Å²) in [6, 6.07) is 5.26. The molecule has 2 rings (SSSR count). The van der Waals surface area contributed by atoms with E-state index < -0.39 is 6.67 Å². The van der Waals surface area contributed by atoms with Crippen LogP contribution in [0, 0.1) is 0 Å². The number of alkyl halides is 1. The van der Waals surface area contributed by atoms with Gasteiger partial charge in [0.25, 0.3) is 0 Å². The van der Waals surface area contributed by atoms with Crippen LogP contribution in [0.1, 0.15) is 11.6 Å². The average molecular weight is 341 g/mol. The molecule has 1 heterocycles. The maximum Gasteiger partial charge on any atom is 0.124 e. The molecule has 1 N–H and O–H groups in total. The largest absolute Gasteiger partial charge is 0.497 e. The SMILES string of the molecule is COc1ccc(OC)c([C@@H](CF)N2CCNCC2)c1.Cl.Cl. The molecule has 1 saturated heterocycles. The molecule has 4 nitrogen and oxygen atoms in total. The highest BCUT2D eigenvalue weighted by molar-refractivity contribution is 5.85. The van der Waals surface area contributed by atoms with Crippen molar-refractivity contribution in [2.24, 2.45) is 0 Å². The first-order valence-corrected chi connectivity index (χ1v) is 6.52. The summed E-state index contributed by atoms with van der Waals surface area (Å²) in [5.41, 5.74) is 0.853. The van der Waals surface area contributed by atoms with Gasteiger partial charge >= 0.3 is 0 Å². The number of ether oxygens (including phenoxy) is 2. The molecule has 0 saturated carbocycles. The third-order valence-electron chi connectivity index (χ3n) is 3.53. The van der Waals surface area contributed by atoms with Crippen molar-refractivity contribution >= 4 is 24.8 Å². The normalized spacial score (nSPS) is 16.3. The first kappa shape index (κ1) is 20.2. The van der Waals surface area contributed by atoms with Crippen LogP contribution in [0.2, 0.25) is 0 Å². The number of benzene rings is 1. The van der Waals surface area contributed by atoms with Crippen molar-refractivity contribution in [3.8, 4) is 11.5 Å². The Labute approximate surface area is 137 Å². The van der Waals surface area contributed by atoms with Gasteiger partial charge in [0.15, 0.2) is 0 Å². The number of halogens is 3. The maximum atomic E-state index is 13.5. The molecular weight excluding hydrogens is 318 g/mol. The Kier molecular flexibility index (Phi) is 9.70. The Morgan fingerprint density at radius 2 is 1.86 bits per heavy atom. The first-order chi connectivity index (χ1) is 9.30. The Balaban J connectivity index is 0.00000200. The summed E-state index contributed by atoms with van der Waals surface area (Å²) in [6.07, 6.45) is 0. The highest BCUT2D eigenvalue weighted by Crippen LogP contribution is 2.33. The summed E-state index contributed by atoms with van der Waals surface area (Å²) in [7, 11) is 3.22. The van der Waals surface area contributed by atoms with Crippen molar-refractivity contribution in [3.63, 3.8) is 0 Å². The van der Waals surface area contributed by atoms with Crippen molar-refractivity contribution in [2.45, 2.75) is 6.04 Å². The van der Waals surface area contributed by atoms with Gasteiger partial charge in [-0.2, -0.15) is 0 Å². The lowest BCUT2D eigenvalue weighted by atomic mass is 10.0. The number of methoxy groups -OCH3 is 2. The van der Waals surface area contributed by atoms with Crippen LogP contribution < -0.4 is 14.8 Å². The molecule has 1 aromatic rings. The summed E-state index contributed by atoms with van der Waals surface area (Å²) >= 11 is 0. The van der Waals surface area contributed by atoms with Crippen molar-refractivity contribution in [1.82, 2.24) is 10.2 Å². The Hall–Kier alpha value is -0.750. The standard InChI is InChI=1S/C14H21FN2O2.2ClH/c1-18-11-3-4-14(19-2)12(9-11)13(10-15)17-7-5-16-6-8-17;;/h3-4,9,13,16H,5-8,10H2,1-2H3;2*1H/t13-;;/m1../s1. The lowest BCUT2D eigenvalue weighted by Crippen LogP contribution is -2.45. The van der Waals surface area contributed by atoms with E-state index in [1.807, 2.05) is 18.2 Å². The molecule has 0 aromatic heterocycles. The lowest BCUT2D eigenvalue weighted by Gasteiger charge is -2.34. The van der Waals surface area contributed by atoms with E-state index in [2.05, 4.69) is 10.2 Å². The van der Waals surface area contributed by atoms with Crippen LogP contribution in [0.5, 0.6) is 11.5 Å². The van der Waals surface area contributed by atoms with Gasteiger partial charge in [0.1, 0.15) is 18.2 Å². The molecule has 122 valence electrons. The van der Waals surface area contributed by atoms with Crippen molar-refractivity contribution < 1.29 is 13.9 Å². The van der Waals surface area contributed by atoms with Crippen LogP contribution in [0.3, 0.4) is 0 Å². The predicted molar refractivity (Wildman–Crippen MR) is 87.2 cm³/mol. The van der Waals surface area contributed by atoms with E-state index in [1.165, 1.54) is 0 Å². The Morgan fingerprint density at radius 1 is 1.19 bits per heavy atom. The first-order valence-electron chi connectivity index (χ1n) is 6.52. The fourth-order valence-corrected chi connectivity index (χ4v) is 2.47. The second-order valence-corrected chi connectivity index (χ2v) is 4.56. The third kappa shape index (κ3) is 4.88. The van der Waals surface area contributed by atoms with E-state index in [-0.39, 0.29) is 30.9 Å². The molecule has 1 aliphatic rings. The Morgan fingerprint density at radius 3 is 2.38 bits per heavy atom. The monoisotopic (exact) mass is 340 g/mol. The molecule has 0 radical (unpaired) electrons. The van der Waals surface area contributed by atoms with Crippen molar-refractivity contribution in [3.05, 3.63) is 23.8 Å². The van der Waals surface area contributed by atoms with E-state index >= 15 is 0 Å². The zero-order valence-corrected chi connectivity index (χ0v) is 13.9. The molecule has 1 aromatic carbocycles. The second kappa shape index (κ2) is 10.1. The number of hydrogen-bond acceptors (Lipinski definition) is 4. The van der Waals surface area contributed by atoms with Gasteiger partial charge in [0, 0.05) is 31.7 Å². The number of nitrogens with zero attached hydrogens (tertiary/aromatic N) is 1. The molecular formula is C14H23Cl2FN2O2. The molecule has 0 unspecified atom stereocenters. The van der Waals surface area contributed by atoms with E-state index in [0.717, 1.165) is 37.5 Å². The fraction of sp³-hybridized carbons (Fsp3) is 0.571. The van der Waals surface area contributed by atoms with E-state index in [4.69, 9.17) is 9.47 Å². The van der Waals surface area contributed by atoms with Crippen molar-refractivity contribution in [1.29, 1.82) is 0 Å². The van der Waals surface area contributed by atoms with E-state index in [0.29, 0.717) is 5.75 Å². The van der Waals surface area contributed by atoms with Gasteiger partial charge in [-0.1, -0.05) is 0 Å². The summed E-state index contributed by atoms with van der Waals surface area (Å²) in [5.74, 6) is 1.44. The van der Waals surface area contributed by atoms with Gasteiger partial charge < -0.3 is 14.8 Å². The van der Waals surface area contributed by atoms with Gasteiger partial charge in [-0.05, 0) is 18.2 Å². The van der Waals surface area contributed by atoms with Crippen LogP contribution in [0.15, 0.2) is 18.2 Å². The predicted octanol–water partition coefficient (Wildman–Crippen LogP) is 2.46. The minimum atomic E-state index is -0.427. The molecule has 7 heteroatoms. The zero-order valence-electron chi connectivity index (χ0n) is 12.3. The van der Waals surface area contributed by atoms with Crippen LogP contribution in [-0.2, 0) is 0 Å². The van der Waals surface area contributed by atoms with Gasteiger partial charge in [0.2, 0.25) is 0 Å². The molecule has 1 fully saturated rings. The number of piperazine rings is 1. The average Bonchev–Trinajstić information content (AvgIpc) is 2.49. The molecule has 0 spiro atoms. The van der Waals surface area contributed by atoms with Crippen LogP contribution in [0.4, 0.5) is 4.39 Å². The van der Waals surface area contributed by atoms with Crippen molar-refractivity contribution in [2.75, 3.05) is 47.1 Å². The molecule has 0 amide bonds. The highest BCUT2D eigenvalue weighted by atomic mass is 35.5. The third-order valence-corrected chi connectivity index (χ3v) is 3.53. The minimum Gasteiger partial charge on any atom is -0.497 e. The van der Waals surface area contributed by atoms with Crippen LogP contribution in [0.25, 0.3) is 0 Å². The molecule has 1 aliphatic heterocycles. The van der Waals surface area contributed by atoms with Gasteiger partial charge in [-0.25, -0.2) is 4.39 Å². The fourth-order valence-electron chi connectivity index (χ4n) is 2.47. The summed E-state index contributed by atoms with van der Waals surface area (Å²) in [4.78, 5) is 2.15. The molecule has 0 aliphatic carbocycles. The van der Waals surface area contributed by atoms with Gasteiger partial charge in [-0.15, -0.1) is 24.8 Å². The minimum absolute atomic E-state index is 0. The summed E-state index contributed by atoms with van der Waals surface area (Å²) in [6.45, 7) is 3.04. The summed E-state index contributed by atoms with van der Waals surface area (Å²) < 4.78 is 24.1. The number of rotatable bonds is 5.